The van der Waals surface area contributed by atoms with Gasteiger partial charge in [0.05, 0.1) is 46.4 Å². The molecule has 5 heterocycles. The summed E-state index contributed by atoms with van der Waals surface area (Å²) in [6.45, 7) is -0.210. The smallest absolute Gasteiger partial charge is 0.419 e. The number of ether oxygens (including phenoxy) is 2. The van der Waals surface area contributed by atoms with Crippen molar-refractivity contribution in [2.75, 3.05) is 0 Å². The Balaban J connectivity index is 0.971. The zero-order valence-corrected chi connectivity index (χ0v) is 39.6. The Bertz CT molecular complexity index is 4330. The van der Waals surface area contributed by atoms with Gasteiger partial charge in [0.25, 0.3) is 0 Å². The first kappa shape index (κ1) is 44.6. The number of hydrogen-bond acceptors (Lipinski definition) is 11. The molecule has 1 atom stereocenters. The second kappa shape index (κ2) is 16.6. The van der Waals surface area contributed by atoms with Gasteiger partial charge in [-0.1, -0.05) is 60.7 Å². The van der Waals surface area contributed by atoms with E-state index in [0.717, 1.165) is 24.3 Å². The Morgan fingerprint density at radius 2 is 0.945 bits per heavy atom. The summed E-state index contributed by atoms with van der Waals surface area (Å²) in [7, 11) is 0. The molecule has 11 aromatic rings. The molecule has 73 heavy (non-hydrogen) atoms. The lowest BCUT2D eigenvalue weighted by atomic mass is 10.0. The minimum Gasteiger partial charge on any atom is -0.444 e. The fourth-order valence-corrected chi connectivity index (χ4v) is 13.5. The Hall–Kier alpha value is -8.35. The van der Waals surface area contributed by atoms with E-state index >= 15 is 0 Å². The molecule has 0 saturated carbocycles. The fourth-order valence-electron chi connectivity index (χ4n) is 9.74. The number of Topliss-reactive ketones (excluding diaryl/α,β-unsaturated/α-hetero) is 3. The molecule has 0 aliphatic heterocycles. The molecule has 10 nitrogen and oxygen atoms in total. The molecule has 0 spiro atoms. The van der Waals surface area contributed by atoms with Gasteiger partial charge in [-0.3, -0.25) is 14.4 Å². The lowest BCUT2D eigenvalue weighted by Gasteiger charge is -2.10. The number of aromatic nitrogens is 2. The zero-order chi connectivity index (χ0) is 50.1. The van der Waals surface area contributed by atoms with Crippen LogP contribution in [0.2, 0.25) is 0 Å². The third-order valence-electron chi connectivity index (χ3n) is 13.2. The summed E-state index contributed by atoms with van der Waals surface area (Å²) in [4.78, 5) is 71.8. The Kier molecular flexibility index (Phi) is 10.1. The van der Waals surface area contributed by atoms with Crippen LogP contribution in [0.25, 0.3) is 74.6 Å². The molecular weight excluding hydrogens is 1000 g/mol. The molecule has 17 heteroatoms. The van der Waals surface area contributed by atoms with Gasteiger partial charge in [-0.05, 0) is 111 Å². The minimum absolute atomic E-state index is 0.00822. The summed E-state index contributed by atoms with van der Waals surface area (Å²) < 4.78 is 73.7. The number of allylic oxidation sites excluding steroid dienone is 1. The minimum atomic E-state index is -1.40. The summed E-state index contributed by atoms with van der Waals surface area (Å²) in [5, 5.41) is 12.6. The van der Waals surface area contributed by atoms with Crippen LogP contribution in [0.1, 0.15) is 63.6 Å². The van der Waals surface area contributed by atoms with E-state index in [1.807, 2.05) is 12.1 Å². The molecule has 13 rings (SSSR count). The van der Waals surface area contributed by atoms with Crippen LogP contribution in [0.15, 0.2) is 132 Å². The number of benzene rings is 6. The summed E-state index contributed by atoms with van der Waals surface area (Å²) in [5.41, 5.74) is 3.08. The highest BCUT2D eigenvalue weighted by atomic mass is 32.1. The molecule has 6 aromatic carbocycles. The van der Waals surface area contributed by atoms with Gasteiger partial charge < -0.3 is 14.6 Å². The quantitative estimate of drug-likeness (QED) is 0.0989. The van der Waals surface area contributed by atoms with E-state index in [1.54, 1.807) is 60.7 Å². The first-order chi connectivity index (χ1) is 35.3. The van der Waals surface area contributed by atoms with Gasteiger partial charge in [-0.15, -0.1) is 34.0 Å². The Morgan fingerprint density at radius 3 is 1.41 bits per heavy atom. The summed E-state index contributed by atoms with van der Waals surface area (Å²) in [6, 6.07) is 30.9. The predicted octanol–water partition coefficient (Wildman–Crippen LogP) is 14.1. The van der Waals surface area contributed by atoms with Crippen molar-refractivity contribution in [3.63, 3.8) is 0 Å². The summed E-state index contributed by atoms with van der Waals surface area (Å²) in [6.07, 6.45) is -0.0400. The number of rotatable bonds is 6. The normalized spacial score (nSPS) is 15.1. The first-order valence-electron chi connectivity index (χ1n) is 22.4. The van der Waals surface area contributed by atoms with Crippen molar-refractivity contribution < 1.29 is 56.1 Å². The molecule has 0 saturated heterocycles. The number of halogens is 4. The predicted molar refractivity (Wildman–Crippen MR) is 272 cm³/mol. The number of carbonyl (C=O) groups excluding carboxylic acids is 5. The van der Waals surface area contributed by atoms with E-state index in [0.29, 0.717) is 67.1 Å². The van der Waals surface area contributed by atoms with Crippen molar-refractivity contribution in [1.82, 2.24) is 9.13 Å². The fraction of sp³-hybridized carbons (Fsp3) is 0.0536. The van der Waals surface area contributed by atoms with Gasteiger partial charge in [0.2, 0.25) is 0 Å². The lowest BCUT2D eigenvalue weighted by molar-refractivity contribution is 0.0985. The third-order valence-corrected chi connectivity index (χ3v) is 16.8. The van der Waals surface area contributed by atoms with Crippen LogP contribution in [0, 0.1) is 23.3 Å². The van der Waals surface area contributed by atoms with E-state index in [4.69, 9.17) is 9.47 Å². The SMILES string of the molecule is O=C1C(=Cc2cc3c(s2)c2sc4c5sc(/C=C6\C(=O)c7cc8cc(F)c(F)cc8cc7C6O)cc5n(C(=O)OCc5ccccc5)c4c2n3C(=O)OCc2ccccc2)C(=O)c2cc3cc(F)c(F)cc3cc21. The zero-order valence-electron chi connectivity index (χ0n) is 37.1. The molecule has 2 aliphatic rings. The largest absolute Gasteiger partial charge is 0.444 e. The van der Waals surface area contributed by atoms with Crippen molar-refractivity contribution in [1.29, 1.82) is 0 Å². The van der Waals surface area contributed by atoms with Crippen molar-refractivity contribution in [2.24, 2.45) is 0 Å². The molecule has 356 valence electrons. The van der Waals surface area contributed by atoms with Crippen LogP contribution in [-0.2, 0) is 22.7 Å². The maximum Gasteiger partial charge on any atom is 0.419 e. The molecule has 0 radical (unpaired) electrons. The number of thiophene rings is 3. The number of fused-ring (bicyclic) bond motifs is 11. The standard InChI is InChI=1S/C56H28F4N2O8S3/c57-39-15-27-11-33-34(12-28(27)16-40(39)58)48(64)37(47(33)63)19-31-21-43-51(71-31)53-45(61(43)55(67)69-23-25-7-3-1-4-8-25)46-54(73-53)52-44(62(46)56(68)70-24-26-9-5-2-6-10-26)22-32(72-52)20-38-49(65)35-13-29-17-41(59)42(60)18-30(29)14-36(35)50(38)66/h1-22,47,63H,23-24H2/b37-19-. The molecule has 0 amide bonds. The molecule has 0 fully saturated rings. The van der Waals surface area contributed by atoms with Gasteiger partial charge in [0.1, 0.15) is 19.3 Å². The molecule has 2 aliphatic carbocycles. The van der Waals surface area contributed by atoms with Gasteiger partial charge in [0, 0.05) is 32.0 Å². The monoisotopic (exact) mass is 1030 g/mol. The maximum absolute atomic E-state index is 14.6. The number of hydrogen-bond donors (Lipinski definition) is 1. The molecule has 1 unspecified atom stereocenters. The second-order valence-corrected chi connectivity index (χ2v) is 20.7. The highest BCUT2D eigenvalue weighted by Gasteiger charge is 2.37. The van der Waals surface area contributed by atoms with Gasteiger partial charge in [-0.2, -0.15) is 0 Å². The highest BCUT2D eigenvalue weighted by Crippen LogP contribution is 2.50. The van der Waals surface area contributed by atoms with Crippen LogP contribution < -0.4 is 0 Å². The van der Waals surface area contributed by atoms with E-state index in [9.17, 15) is 46.6 Å². The number of carbonyl (C=O) groups is 5. The van der Waals surface area contributed by atoms with E-state index < -0.39 is 58.9 Å². The number of nitrogens with zero attached hydrogens (tertiary/aromatic N) is 2. The van der Waals surface area contributed by atoms with E-state index in [1.165, 1.54) is 79.6 Å². The van der Waals surface area contributed by atoms with E-state index in [2.05, 4.69) is 0 Å². The summed E-state index contributed by atoms with van der Waals surface area (Å²) in [5.74, 6) is -6.06. The molecule has 0 bridgehead atoms. The van der Waals surface area contributed by atoms with Crippen LogP contribution in [-0.4, -0.2) is 43.8 Å². The third kappa shape index (κ3) is 7.02. The van der Waals surface area contributed by atoms with Crippen molar-refractivity contribution in [3.05, 3.63) is 199 Å². The van der Waals surface area contributed by atoms with Gasteiger partial charge >= 0.3 is 12.2 Å². The second-order valence-electron chi connectivity index (χ2n) is 17.5. The van der Waals surface area contributed by atoms with Crippen LogP contribution >= 0.6 is 34.0 Å². The van der Waals surface area contributed by atoms with Crippen LogP contribution in [0.3, 0.4) is 0 Å². The van der Waals surface area contributed by atoms with Gasteiger partial charge in [0.15, 0.2) is 40.6 Å². The van der Waals surface area contributed by atoms with E-state index in [-0.39, 0.29) is 62.8 Å². The average Bonchev–Trinajstić information content (AvgIpc) is 4.25. The molecule has 1 N–H and O–H groups in total. The number of ketones is 3. The Morgan fingerprint density at radius 1 is 0.521 bits per heavy atom. The number of aliphatic hydroxyl groups is 1. The van der Waals surface area contributed by atoms with Crippen LogP contribution in [0.4, 0.5) is 27.2 Å². The van der Waals surface area contributed by atoms with Crippen molar-refractivity contribution in [3.8, 4) is 0 Å². The average molecular weight is 1030 g/mol. The Labute approximate surface area is 419 Å². The van der Waals surface area contributed by atoms with Crippen LogP contribution in [0.5, 0.6) is 0 Å². The first-order valence-corrected chi connectivity index (χ1v) is 24.8. The molecule has 5 aromatic heterocycles. The summed E-state index contributed by atoms with van der Waals surface area (Å²) >= 11 is 3.68. The maximum atomic E-state index is 14.6. The van der Waals surface area contributed by atoms with Crippen molar-refractivity contribution in [2.45, 2.75) is 19.3 Å². The molecular formula is C56H28F4N2O8S3. The topological polar surface area (TPSA) is 134 Å². The van der Waals surface area contributed by atoms with Crippen molar-refractivity contribution >= 4 is 138 Å². The lowest BCUT2D eigenvalue weighted by Crippen LogP contribution is -2.16. The highest BCUT2D eigenvalue weighted by molar-refractivity contribution is 7.34. The van der Waals surface area contributed by atoms with Gasteiger partial charge in [-0.25, -0.2) is 36.3 Å². The number of aliphatic hydroxyl groups excluding tert-OH is 1.